The van der Waals surface area contributed by atoms with Crippen molar-refractivity contribution in [3.63, 3.8) is 0 Å². The quantitative estimate of drug-likeness (QED) is 0.656. The molecule has 0 N–H and O–H groups in total. The lowest BCUT2D eigenvalue weighted by Crippen LogP contribution is -2.49. The summed E-state index contributed by atoms with van der Waals surface area (Å²) in [6, 6.07) is 17.7. The molecule has 29 heavy (non-hydrogen) atoms. The number of piperazine rings is 1. The summed E-state index contributed by atoms with van der Waals surface area (Å²) in [5, 5.41) is 9.34. The summed E-state index contributed by atoms with van der Waals surface area (Å²) >= 11 is 5.92. The molecule has 0 saturated carbocycles. The second kappa shape index (κ2) is 8.57. The maximum absolute atomic E-state index is 13.8. The topological polar surface area (TPSA) is 49.3 Å². The van der Waals surface area contributed by atoms with Crippen molar-refractivity contribution in [2.24, 2.45) is 0 Å². The molecule has 1 aliphatic rings. The number of hydrogen-bond donors (Lipinski definition) is 0. The summed E-state index contributed by atoms with van der Waals surface area (Å²) in [5.74, 6) is 0.387. The van der Waals surface area contributed by atoms with Gasteiger partial charge < -0.3 is 9.80 Å². The highest BCUT2D eigenvalue weighted by Crippen LogP contribution is 2.21. The van der Waals surface area contributed by atoms with E-state index >= 15 is 0 Å². The van der Waals surface area contributed by atoms with Crippen LogP contribution in [-0.2, 0) is 11.2 Å². The lowest BCUT2D eigenvalue weighted by molar-refractivity contribution is -0.130. The van der Waals surface area contributed by atoms with Crippen LogP contribution in [0.2, 0.25) is 5.02 Å². The van der Waals surface area contributed by atoms with Crippen LogP contribution in [0.25, 0.3) is 11.3 Å². The van der Waals surface area contributed by atoms with Crippen LogP contribution >= 0.6 is 11.6 Å². The molecule has 148 valence electrons. The Morgan fingerprint density at radius 2 is 1.66 bits per heavy atom. The summed E-state index contributed by atoms with van der Waals surface area (Å²) in [4.78, 5) is 16.4. The molecule has 0 atom stereocenters. The fourth-order valence-electron chi connectivity index (χ4n) is 3.37. The highest BCUT2D eigenvalue weighted by atomic mass is 35.5. The predicted octanol–water partition coefficient (Wildman–Crippen LogP) is 3.83. The third-order valence-electron chi connectivity index (χ3n) is 5.05. The van der Waals surface area contributed by atoms with Crippen molar-refractivity contribution in [3.8, 4) is 11.3 Å². The number of hydrogen-bond acceptors (Lipinski definition) is 4. The smallest absolute Gasteiger partial charge is 0.227 e. The fourth-order valence-corrected chi connectivity index (χ4v) is 3.50. The maximum atomic E-state index is 13.8. The van der Waals surface area contributed by atoms with Gasteiger partial charge in [-0.3, -0.25) is 4.79 Å². The molecule has 1 amide bonds. The molecule has 0 radical (unpaired) electrons. The Balaban J connectivity index is 1.35. The summed E-state index contributed by atoms with van der Waals surface area (Å²) in [5.41, 5.74) is 2.17. The summed E-state index contributed by atoms with van der Waals surface area (Å²) in [7, 11) is 0. The second-order valence-corrected chi connectivity index (χ2v) is 7.36. The molecule has 0 bridgehead atoms. The fraction of sp³-hybridized carbons (Fsp3) is 0.227. The van der Waals surface area contributed by atoms with Crippen LogP contribution < -0.4 is 4.90 Å². The van der Waals surface area contributed by atoms with Gasteiger partial charge in [-0.05, 0) is 35.9 Å². The van der Waals surface area contributed by atoms with Crippen molar-refractivity contribution in [1.82, 2.24) is 15.1 Å². The number of amides is 1. The standard InChI is InChI=1S/C22H20ClFN4O/c23-18-7-5-16(6-8-18)20-9-10-21(26-25-20)27-11-13-28(14-12-27)22(29)15-17-3-1-2-4-19(17)24/h1-10H,11-15H2. The first-order valence-corrected chi connectivity index (χ1v) is 9.84. The van der Waals surface area contributed by atoms with Gasteiger partial charge in [0, 0.05) is 36.8 Å². The molecule has 2 aromatic carbocycles. The monoisotopic (exact) mass is 410 g/mol. The third-order valence-corrected chi connectivity index (χ3v) is 5.30. The third kappa shape index (κ3) is 4.54. The number of halogens is 2. The number of rotatable bonds is 4. The van der Waals surface area contributed by atoms with Gasteiger partial charge in [-0.25, -0.2) is 4.39 Å². The summed E-state index contributed by atoms with van der Waals surface area (Å²) in [6.07, 6.45) is 0.0856. The average Bonchev–Trinajstić information content (AvgIpc) is 2.76. The summed E-state index contributed by atoms with van der Waals surface area (Å²) < 4.78 is 13.8. The van der Waals surface area contributed by atoms with E-state index in [1.54, 1.807) is 23.1 Å². The molecule has 7 heteroatoms. The SMILES string of the molecule is O=C(Cc1ccccc1F)N1CCN(c2ccc(-c3ccc(Cl)cc3)nn2)CC1. The molecular formula is C22H20ClFN4O. The highest BCUT2D eigenvalue weighted by Gasteiger charge is 2.23. The van der Waals surface area contributed by atoms with Crippen LogP contribution in [0.1, 0.15) is 5.56 Å². The molecule has 0 aliphatic carbocycles. The van der Waals surface area contributed by atoms with Crippen LogP contribution in [-0.4, -0.2) is 47.2 Å². The molecule has 4 rings (SSSR count). The normalized spacial score (nSPS) is 14.1. The van der Waals surface area contributed by atoms with Crippen LogP contribution in [0.3, 0.4) is 0 Å². The van der Waals surface area contributed by atoms with E-state index < -0.39 is 0 Å². The van der Waals surface area contributed by atoms with E-state index in [0.717, 1.165) is 17.1 Å². The van der Waals surface area contributed by atoms with Gasteiger partial charge in [0.2, 0.25) is 5.91 Å². The van der Waals surface area contributed by atoms with E-state index in [4.69, 9.17) is 11.6 Å². The lowest BCUT2D eigenvalue weighted by atomic mass is 10.1. The molecule has 1 aliphatic heterocycles. The van der Waals surface area contributed by atoms with Crippen molar-refractivity contribution >= 4 is 23.3 Å². The van der Waals surface area contributed by atoms with Gasteiger partial charge in [0.25, 0.3) is 0 Å². The van der Waals surface area contributed by atoms with Gasteiger partial charge in [0.1, 0.15) is 5.82 Å². The first kappa shape index (κ1) is 19.3. The largest absolute Gasteiger partial charge is 0.352 e. The zero-order valence-electron chi connectivity index (χ0n) is 15.8. The maximum Gasteiger partial charge on any atom is 0.227 e. The molecule has 3 aromatic rings. The Bertz CT molecular complexity index is 986. The van der Waals surface area contributed by atoms with Crippen LogP contribution in [0.15, 0.2) is 60.7 Å². The second-order valence-electron chi connectivity index (χ2n) is 6.92. The van der Waals surface area contributed by atoms with Crippen molar-refractivity contribution in [1.29, 1.82) is 0 Å². The van der Waals surface area contributed by atoms with Crippen LogP contribution in [0.5, 0.6) is 0 Å². The minimum atomic E-state index is -0.337. The number of nitrogens with zero attached hydrogens (tertiary/aromatic N) is 4. The number of anilines is 1. The van der Waals surface area contributed by atoms with E-state index in [-0.39, 0.29) is 18.1 Å². The van der Waals surface area contributed by atoms with E-state index in [9.17, 15) is 9.18 Å². The lowest BCUT2D eigenvalue weighted by Gasteiger charge is -2.35. The van der Waals surface area contributed by atoms with E-state index in [2.05, 4.69) is 15.1 Å². The van der Waals surface area contributed by atoms with Gasteiger partial charge in [0.05, 0.1) is 12.1 Å². The molecule has 0 spiro atoms. The van der Waals surface area contributed by atoms with E-state index in [0.29, 0.717) is 36.8 Å². The molecule has 1 aromatic heterocycles. The van der Waals surface area contributed by atoms with Gasteiger partial charge in [-0.15, -0.1) is 10.2 Å². The first-order valence-electron chi connectivity index (χ1n) is 9.46. The number of carbonyl (C=O) groups excluding carboxylic acids is 1. The number of carbonyl (C=O) groups is 1. The molecule has 1 fully saturated rings. The Morgan fingerprint density at radius 1 is 0.931 bits per heavy atom. The molecule has 0 unspecified atom stereocenters. The van der Waals surface area contributed by atoms with Crippen LogP contribution in [0, 0.1) is 5.82 Å². The minimum absolute atomic E-state index is 0.0566. The van der Waals surface area contributed by atoms with Crippen molar-refractivity contribution in [2.45, 2.75) is 6.42 Å². The Morgan fingerprint density at radius 3 is 2.31 bits per heavy atom. The van der Waals surface area contributed by atoms with Gasteiger partial charge in [0.15, 0.2) is 5.82 Å². The van der Waals surface area contributed by atoms with Gasteiger partial charge in [-0.2, -0.15) is 0 Å². The van der Waals surface area contributed by atoms with Crippen molar-refractivity contribution in [3.05, 3.63) is 77.1 Å². The van der Waals surface area contributed by atoms with Crippen LogP contribution in [0.4, 0.5) is 10.2 Å². The van der Waals surface area contributed by atoms with E-state index in [1.165, 1.54) is 6.07 Å². The molecule has 2 heterocycles. The Hall–Kier alpha value is -2.99. The van der Waals surface area contributed by atoms with E-state index in [1.807, 2.05) is 36.4 Å². The van der Waals surface area contributed by atoms with Gasteiger partial charge >= 0.3 is 0 Å². The zero-order valence-corrected chi connectivity index (χ0v) is 16.5. The minimum Gasteiger partial charge on any atom is -0.352 e. The Labute approximate surface area is 173 Å². The highest BCUT2D eigenvalue weighted by molar-refractivity contribution is 6.30. The molecule has 5 nitrogen and oxygen atoms in total. The predicted molar refractivity (Wildman–Crippen MR) is 111 cm³/mol. The molecule has 1 saturated heterocycles. The number of benzene rings is 2. The number of aromatic nitrogens is 2. The first-order chi connectivity index (χ1) is 14.1. The Kier molecular flexibility index (Phi) is 5.71. The average molecular weight is 411 g/mol. The van der Waals surface area contributed by atoms with Gasteiger partial charge in [-0.1, -0.05) is 41.9 Å². The summed E-state index contributed by atoms with van der Waals surface area (Å²) in [6.45, 7) is 2.48. The zero-order chi connectivity index (χ0) is 20.2. The van der Waals surface area contributed by atoms with Crippen molar-refractivity contribution < 1.29 is 9.18 Å². The molecular weight excluding hydrogens is 391 g/mol. The van der Waals surface area contributed by atoms with Crippen molar-refractivity contribution in [2.75, 3.05) is 31.1 Å².